The molecular weight excluding hydrogens is 260 g/mol. The second kappa shape index (κ2) is 6.40. The first-order valence-corrected chi connectivity index (χ1v) is 6.91. The zero-order valence-electron chi connectivity index (χ0n) is 11.9. The molecule has 1 saturated heterocycles. The van der Waals surface area contributed by atoms with E-state index in [2.05, 4.69) is 9.97 Å². The van der Waals surface area contributed by atoms with Crippen LogP contribution in [0.4, 0.5) is 10.7 Å². The number of rotatable bonds is 3. The number of aromatic nitrogens is 2. The monoisotopic (exact) mass is 280 g/mol. The number of carbonyl (C=O) groups excluding carboxylic acids is 1. The molecule has 7 heteroatoms. The van der Waals surface area contributed by atoms with E-state index in [1.165, 1.54) is 6.07 Å². The van der Waals surface area contributed by atoms with Gasteiger partial charge in [0.05, 0.1) is 6.61 Å². The third-order valence-corrected chi connectivity index (χ3v) is 3.25. The van der Waals surface area contributed by atoms with Crippen molar-refractivity contribution >= 4 is 12.0 Å². The Labute approximate surface area is 117 Å². The smallest absolute Gasteiger partial charge is 0.409 e. The van der Waals surface area contributed by atoms with Crippen molar-refractivity contribution in [3.05, 3.63) is 22.1 Å². The van der Waals surface area contributed by atoms with E-state index in [4.69, 9.17) is 4.74 Å². The van der Waals surface area contributed by atoms with E-state index in [0.717, 1.165) is 12.1 Å². The fourth-order valence-corrected chi connectivity index (χ4v) is 2.14. The lowest BCUT2D eigenvalue weighted by atomic mass is 10.3. The molecule has 1 aliphatic heterocycles. The molecule has 1 amide bonds. The molecule has 1 aromatic rings. The molecule has 110 valence electrons. The van der Waals surface area contributed by atoms with Gasteiger partial charge in [-0.05, 0) is 13.3 Å². The Bertz CT molecular complexity index is 521. The van der Waals surface area contributed by atoms with E-state index in [0.29, 0.717) is 38.7 Å². The lowest BCUT2D eigenvalue weighted by molar-refractivity contribution is 0.105. The summed E-state index contributed by atoms with van der Waals surface area (Å²) in [5.41, 5.74) is 0.635. The van der Waals surface area contributed by atoms with Gasteiger partial charge < -0.3 is 14.5 Å². The molecule has 0 radical (unpaired) electrons. The molecule has 1 aliphatic rings. The minimum Gasteiger partial charge on any atom is -0.450 e. The summed E-state index contributed by atoms with van der Waals surface area (Å²) in [4.78, 5) is 34.0. The van der Waals surface area contributed by atoms with Crippen LogP contribution >= 0.6 is 0 Å². The predicted molar refractivity (Wildman–Crippen MR) is 75.0 cm³/mol. The van der Waals surface area contributed by atoms with Crippen molar-refractivity contribution in [3.63, 3.8) is 0 Å². The van der Waals surface area contributed by atoms with Crippen LogP contribution in [0.2, 0.25) is 0 Å². The molecule has 0 aliphatic carbocycles. The summed E-state index contributed by atoms with van der Waals surface area (Å²) in [6.45, 7) is 6.54. The molecule has 0 aromatic carbocycles. The quantitative estimate of drug-likeness (QED) is 0.877. The number of carbonyl (C=O) groups is 1. The van der Waals surface area contributed by atoms with E-state index < -0.39 is 0 Å². The number of piperazine rings is 1. The summed E-state index contributed by atoms with van der Waals surface area (Å²) < 4.78 is 4.97. The molecule has 1 N–H and O–H groups in total. The van der Waals surface area contributed by atoms with Gasteiger partial charge >= 0.3 is 6.09 Å². The van der Waals surface area contributed by atoms with Crippen LogP contribution in [0.3, 0.4) is 0 Å². The maximum atomic E-state index is 11.6. The van der Waals surface area contributed by atoms with Crippen LogP contribution in [0, 0.1) is 0 Å². The van der Waals surface area contributed by atoms with Crippen LogP contribution < -0.4 is 10.5 Å². The molecule has 2 rings (SSSR count). The van der Waals surface area contributed by atoms with Crippen molar-refractivity contribution in [1.82, 2.24) is 14.9 Å². The van der Waals surface area contributed by atoms with Gasteiger partial charge in [0, 0.05) is 37.9 Å². The average Bonchev–Trinajstić information content (AvgIpc) is 2.47. The van der Waals surface area contributed by atoms with Gasteiger partial charge in [0.25, 0.3) is 5.56 Å². The summed E-state index contributed by atoms with van der Waals surface area (Å²) in [5, 5.41) is 0. The normalized spacial score (nSPS) is 15.3. The first-order chi connectivity index (χ1) is 9.63. The highest BCUT2D eigenvalue weighted by molar-refractivity contribution is 5.68. The van der Waals surface area contributed by atoms with Crippen molar-refractivity contribution in [1.29, 1.82) is 0 Å². The van der Waals surface area contributed by atoms with Gasteiger partial charge in [-0.1, -0.05) is 6.92 Å². The summed E-state index contributed by atoms with van der Waals surface area (Å²) in [6, 6.07) is 1.51. The van der Waals surface area contributed by atoms with Gasteiger partial charge in [0.1, 0.15) is 0 Å². The molecule has 0 spiro atoms. The Kier molecular flexibility index (Phi) is 4.60. The predicted octanol–water partition coefficient (Wildman–Crippen LogP) is 0.611. The minimum atomic E-state index is -0.282. The fourth-order valence-electron chi connectivity index (χ4n) is 2.14. The Morgan fingerprint density at radius 3 is 2.65 bits per heavy atom. The van der Waals surface area contributed by atoms with E-state index in [-0.39, 0.29) is 11.7 Å². The highest BCUT2D eigenvalue weighted by Gasteiger charge is 2.23. The Morgan fingerprint density at radius 1 is 1.35 bits per heavy atom. The van der Waals surface area contributed by atoms with Gasteiger partial charge in [0.2, 0.25) is 5.95 Å². The molecular formula is C13H20N4O3. The number of ether oxygens (including phenoxy) is 1. The van der Waals surface area contributed by atoms with Crippen molar-refractivity contribution < 1.29 is 9.53 Å². The topological polar surface area (TPSA) is 78.5 Å². The molecule has 0 saturated carbocycles. The number of hydrogen-bond acceptors (Lipinski definition) is 5. The highest BCUT2D eigenvalue weighted by Crippen LogP contribution is 2.11. The maximum Gasteiger partial charge on any atom is 0.409 e. The van der Waals surface area contributed by atoms with Crippen LogP contribution in [-0.2, 0) is 11.2 Å². The number of anilines is 1. The van der Waals surface area contributed by atoms with Gasteiger partial charge in [0.15, 0.2) is 0 Å². The third-order valence-electron chi connectivity index (χ3n) is 3.25. The van der Waals surface area contributed by atoms with Crippen molar-refractivity contribution in [2.45, 2.75) is 20.3 Å². The summed E-state index contributed by atoms with van der Waals surface area (Å²) >= 11 is 0. The number of hydrogen-bond donors (Lipinski definition) is 1. The number of aryl methyl sites for hydroxylation is 1. The first kappa shape index (κ1) is 14.4. The Hall–Kier alpha value is -2.05. The minimum absolute atomic E-state index is 0.139. The molecule has 7 nitrogen and oxygen atoms in total. The highest BCUT2D eigenvalue weighted by atomic mass is 16.6. The van der Waals surface area contributed by atoms with E-state index in [1.54, 1.807) is 11.8 Å². The molecule has 2 heterocycles. The molecule has 1 fully saturated rings. The van der Waals surface area contributed by atoms with Gasteiger partial charge in [-0.15, -0.1) is 0 Å². The number of nitrogens with zero attached hydrogens (tertiary/aromatic N) is 3. The molecule has 0 bridgehead atoms. The second-order valence-corrected chi connectivity index (χ2v) is 4.59. The second-order valence-electron chi connectivity index (χ2n) is 4.59. The van der Waals surface area contributed by atoms with Crippen LogP contribution in [0.25, 0.3) is 0 Å². The lowest BCUT2D eigenvalue weighted by Gasteiger charge is -2.34. The van der Waals surface area contributed by atoms with Crippen molar-refractivity contribution in [2.75, 3.05) is 37.7 Å². The third kappa shape index (κ3) is 3.28. The largest absolute Gasteiger partial charge is 0.450 e. The van der Waals surface area contributed by atoms with Crippen LogP contribution in [-0.4, -0.2) is 53.7 Å². The molecule has 20 heavy (non-hydrogen) atoms. The molecule has 1 aromatic heterocycles. The van der Waals surface area contributed by atoms with Crippen LogP contribution in [0.15, 0.2) is 10.9 Å². The van der Waals surface area contributed by atoms with Gasteiger partial charge in [-0.25, -0.2) is 9.78 Å². The summed E-state index contributed by atoms with van der Waals surface area (Å²) in [6.07, 6.45) is 0.440. The van der Waals surface area contributed by atoms with Crippen LogP contribution in [0.5, 0.6) is 0 Å². The average molecular weight is 280 g/mol. The van der Waals surface area contributed by atoms with E-state index >= 15 is 0 Å². The van der Waals surface area contributed by atoms with Crippen LogP contribution in [0.1, 0.15) is 19.5 Å². The summed E-state index contributed by atoms with van der Waals surface area (Å²) in [5.74, 6) is 0.581. The Balaban J connectivity index is 2.02. The Morgan fingerprint density at radius 2 is 2.05 bits per heavy atom. The van der Waals surface area contributed by atoms with Gasteiger partial charge in [-0.2, -0.15) is 0 Å². The number of H-pyrrole nitrogens is 1. The number of nitrogens with one attached hydrogen (secondary N) is 1. The van der Waals surface area contributed by atoms with Crippen molar-refractivity contribution in [2.24, 2.45) is 0 Å². The zero-order valence-corrected chi connectivity index (χ0v) is 11.9. The van der Waals surface area contributed by atoms with Gasteiger partial charge in [-0.3, -0.25) is 9.78 Å². The number of aromatic amines is 1. The summed E-state index contributed by atoms with van der Waals surface area (Å²) in [7, 11) is 0. The van der Waals surface area contributed by atoms with E-state index in [9.17, 15) is 9.59 Å². The zero-order chi connectivity index (χ0) is 14.5. The van der Waals surface area contributed by atoms with E-state index in [1.807, 2.05) is 11.8 Å². The lowest BCUT2D eigenvalue weighted by Crippen LogP contribution is -2.49. The SMILES string of the molecule is CCOC(=O)N1CCN(c2nc(CC)cc(=O)[nH]2)CC1. The fraction of sp³-hybridized carbons (Fsp3) is 0.615. The molecule has 0 atom stereocenters. The standard InChI is InChI=1S/C13H20N4O3/c1-3-10-9-11(18)15-12(14-10)16-5-7-17(8-6-16)13(19)20-4-2/h9H,3-8H2,1-2H3,(H,14,15,18). The first-order valence-electron chi connectivity index (χ1n) is 6.91. The van der Waals surface area contributed by atoms with Crippen molar-refractivity contribution in [3.8, 4) is 0 Å². The maximum absolute atomic E-state index is 11.6. The molecule has 0 unspecified atom stereocenters. The number of amides is 1.